The van der Waals surface area contributed by atoms with Gasteiger partial charge in [0.1, 0.15) is 6.54 Å². The summed E-state index contributed by atoms with van der Waals surface area (Å²) in [7, 11) is 1.99. The Labute approximate surface area is 158 Å². The maximum absolute atomic E-state index is 12.7. The van der Waals surface area contributed by atoms with Crippen molar-refractivity contribution in [1.29, 1.82) is 0 Å². The van der Waals surface area contributed by atoms with Crippen LogP contribution in [0.5, 0.6) is 0 Å². The van der Waals surface area contributed by atoms with E-state index in [0.29, 0.717) is 5.82 Å². The zero-order valence-corrected chi connectivity index (χ0v) is 15.6. The molecule has 0 amide bonds. The Morgan fingerprint density at radius 2 is 1.78 bits per heavy atom. The van der Waals surface area contributed by atoms with E-state index in [2.05, 4.69) is 46.3 Å². The second kappa shape index (κ2) is 6.46. The van der Waals surface area contributed by atoms with Crippen molar-refractivity contribution >= 4 is 11.5 Å². The number of fused-ring (bicyclic) bond motifs is 1. The minimum absolute atomic E-state index is 0.0591. The van der Waals surface area contributed by atoms with Gasteiger partial charge in [-0.2, -0.15) is 4.80 Å². The number of allylic oxidation sites excluding steroid dienone is 2. The van der Waals surface area contributed by atoms with Gasteiger partial charge in [-0.25, -0.2) is 0 Å². The quantitative estimate of drug-likeness (QED) is 0.669. The third kappa shape index (κ3) is 3.03. The predicted molar refractivity (Wildman–Crippen MR) is 104 cm³/mol. The number of anilines is 1. The van der Waals surface area contributed by atoms with E-state index in [0.717, 1.165) is 16.9 Å². The van der Waals surface area contributed by atoms with Crippen LogP contribution in [0.2, 0.25) is 0 Å². The number of likely N-dealkylation sites (N-methyl/N-ethyl adjacent to an activating group) is 1. The molecule has 1 aromatic heterocycles. The minimum atomic E-state index is -0.230. The highest BCUT2D eigenvalue weighted by Crippen LogP contribution is 2.46. The molecular formula is C21H21N5O. The van der Waals surface area contributed by atoms with Crippen LogP contribution in [0.3, 0.4) is 0 Å². The Morgan fingerprint density at radius 1 is 1.07 bits per heavy atom. The van der Waals surface area contributed by atoms with Crippen molar-refractivity contribution in [2.45, 2.75) is 25.8 Å². The van der Waals surface area contributed by atoms with Crippen LogP contribution >= 0.6 is 0 Å². The first-order chi connectivity index (χ1) is 13.0. The number of carbonyl (C=O) groups excluding carboxylic acids is 1. The van der Waals surface area contributed by atoms with E-state index in [1.165, 1.54) is 10.4 Å². The molecule has 0 unspecified atom stereocenters. The summed E-state index contributed by atoms with van der Waals surface area (Å²) in [5.74, 6) is 0.455. The van der Waals surface area contributed by atoms with Gasteiger partial charge in [-0.05, 0) is 16.8 Å². The average molecular weight is 359 g/mol. The number of para-hydroxylation sites is 1. The fraction of sp³-hybridized carbons (Fsp3) is 0.238. The Kier molecular flexibility index (Phi) is 4.11. The summed E-state index contributed by atoms with van der Waals surface area (Å²) in [6, 6.07) is 17.8. The number of hydrogen-bond donors (Lipinski definition) is 0. The van der Waals surface area contributed by atoms with Crippen LogP contribution in [0.15, 0.2) is 66.4 Å². The zero-order valence-electron chi connectivity index (χ0n) is 15.6. The van der Waals surface area contributed by atoms with Crippen LogP contribution in [0.4, 0.5) is 5.69 Å². The first-order valence-corrected chi connectivity index (χ1v) is 8.88. The van der Waals surface area contributed by atoms with Gasteiger partial charge in [0.05, 0.1) is 0 Å². The molecule has 0 N–H and O–H groups in total. The Balaban J connectivity index is 1.56. The van der Waals surface area contributed by atoms with Crippen LogP contribution in [-0.4, -0.2) is 33.0 Å². The van der Waals surface area contributed by atoms with Crippen molar-refractivity contribution in [1.82, 2.24) is 20.2 Å². The molecule has 0 bridgehead atoms. The maximum atomic E-state index is 12.7. The number of ketones is 1. The summed E-state index contributed by atoms with van der Waals surface area (Å²) in [6.45, 7) is 4.33. The van der Waals surface area contributed by atoms with Crippen molar-refractivity contribution < 1.29 is 4.79 Å². The number of aromatic nitrogens is 4. The van der Waals surface area contributed by atoms with E-state index in [1.54, 1.807) is 6.08 Å². The molecule has 27 heavy (non-hydrogen) atoms. The van der Waals surface area contributed by atoms with E-state index in [9.17, 15) is 4.79 Å². The molecule has 0 fully saturated rings. The van der Waals surface area contributed by atoms with Gasteiger partial charge in [0, 0.05) is 35.5 Å². The molecule has 0 radical (unpaired) electrons. The van der Waals surface area contributed by atoms with Crippen molar-refractivity contribution in [3.63, 3.8) is 0 Å². The summed E-state index contributed by atoms with van der Waals surface area (Å²) < 4.78 is 0. The van der Waals surface area contributed by atoms with E-state index in [4.69, 9.17) is 0 Å². The Morgan fingerprint density at radius 3 is 2.52 bits per heavy atom. The molecule has 0 atom stereocenters. The Hall–Kier alpha value is -3.28. The predicted octanol–water partition coefficient (Wildman–Crippen LogP) is 3.22. The molecule has 1 aliphatic rings. The van der Waals surface area contributed by atoms with Gasteiger partial charge in [-0.15, -0.1) is 10.2 Å². The van der Waals surface area contributed by atoms with Crippen LogP contribution < -0.4 is 4.90 Å². The maximum Gasteiger partial charge on any atom is 0.204 e. The summed E-state index contributed by atoms with van der Waals surface area (Å²) in [5, 5.41) is 12.4. The van der Waals surface area contributed by atoms with E-state index >= 15 is 0 Å². The average Bonchev–Trinajstić information content (AvgIpc) is 3.20. The van der Waals surface area contributed by atoms with Crippen LogP contribution in [-0.2, 0) is 16.8 Å². The first-order valence-electron chi connectivity index (χ1n) is 8.88. The van der Waals surface area contributed by atoms with Gasteiger partial charge in [0.2, 0.25) is 5.82 Å². The number of nitrogens with zero attached hydrogens (tertiary/aromatic N) is 5. The van der Waals surface area contributed by atoms with Gasteiger partial charge in [0.15, 0.2) is 5.78 Å². The molecule has 6 heteroatoms. The standard InChI is InChI=1S/C21H21N5O/c1-21(2)17-11-7-8-12-18(17)25(3)19(21)13-16(27)14-26-23-20(22-24-26)15-9-5-4-6-10-15/h4-13H,14H2,1-3H3/b19-13+. The molecule has 0 saturated carbocycles. The van der Waals surface area contributed by atoms with Crippen LogP contribution in [0, 0.1) is 0 Å². The third-order valence-corrected chi connectivity index (χ3v) is 5.02. The molecule has 1 aliphatic heterocycles. The summed E-state index contributed by atoms with van der Waals surface area (Å²) in [6.07, 6.45) is 1.70. The van der Waals surface area contributed by atoms with Gasteiger partial charge < -0.3 is 4.90 Å². The van der Waals surface area contributed by atoms with Gasteiger partial charge in [-0.3, -0.25) is 4.79 Å². The van der Waals surface area contributed by atoms with E-state index in [-0.39, 0.29) is 17.7 Å². The second-order valence-corrected chi connectivity index (χ2v) is 7.21. The molecule has 4 rings (SSSR count). The molecule has 3 aromatic rings. The highest BCUT2D eigenvalue weighted by Gasteiger charge is 2.38. The van der Waals surface area contributed by atoms with Crippen molar-refractivity contribution in [2.24, 2.45) is 0 Å². The topological polar surface area (TPSA) is 63.9 Å². The first kappa shape index (κ1) is 17.1. The highest BCUT2D eigenvalue weighted by atomic mass is 16.1. The number of hydrogen-bond acceptors (Lipinski definition) is 5. The molecule has 0 spiro atoms. The summed E-state index contributed by atoms with van der Waals surface area (Å²) in [5.41, 5.74) is 3.97. The summed E-state index contributed by atoms with van der Waals surface area (Å²) in [4.78, 5) is 16.1. The number of carbonyl (C=O) groups is 1. The molecular weight excluding hydrogens is 338 g/mol. The Bertz CT molecular complexity index is 1020. The zero-order chi connectivity index (χ0) is 19.0. The smallest absolute Gasteiger partial charge is 0.204 e. The molecule has 2 aromatic carbocycles. The van der Waals surface area contributed by atoms with Crippen molar-refractivity contribution in [3.05, 3.63) is 71.9 Å². The van der Waals surface area contributed by atoms with Gasteiger partial charge in [-0.1, -0.05) is 62.4 Å². The molecule has 136 valence electrons. The SMILES string of the molecule is CN1/C(=C/C(=O)Cn2nnc(-c3ccccc3)n2)C(C)(C)c2ccccc21. The fourth-order valence-corrected chi connectivity index (χ4v) is 3.61. The molecule has 0 aliphatic carbocycles. The largest absolute Gasteiger partial charge is 0.347 e. The second-order valence-electron chi connectivity index (χ2n) is 7.21. The monoisotopic (exact) mass is 359 g/mol. The van der Waals surface area contributed by atoms with Crippen molar-refractivity contribution in [2.75, 3.05) is 11.9 Å². The lowest BCUT2D eigenvalue weighted by molar-refractivity contribution is -0.115. The lowest BCUT2D eigenvalue weighted by atomic mass is 9.83. The fourth-order valence-electron chi connectivity index (χ4n) is 3.61. The van der Waals surface area contributed by atoms with E-state index < -0.39 is 0 Å². The third-order valence-electron chi connectivity index (χ3n) is 5.02. The number of benzene rings is 2. The van der Waals surface area contributed by atoms with Crippen LogP contribution in [0.25, 0.3) is 11.4 Å². The number of rotatable bonds is 4. The lowest BCUT2D eigenvalue weighted by Gasteiger charge is -2.23. The normalized spacial score (nSPS) is 16.6. The summed E-state index contributed by atoms with van der Waals surface area (Å²) >= 11 is 0. The number of tetrazole rings is 1. The molecule has 2 heterocycles. The molecule has 6 nitrogen and oxygen atoms in total. The van der Waals surface area contributed by atoms with Gasteiger partial charge >= 0.3 is 0 Å². The highest BCUT2D eigenvalue weighted by molar-refractivity contribution is 5.92. The van der Waals surface area contributed by atoms with E-state index in [1.807, 2.05) is 49.5 Å². The lowest BCUT2D eigenvalue weighted by Crippen LogP contribution is -2.25. The minimum Gasteiger partial charge on any atom is -0.347 e. The van der Waals surface area contributed by atoms with Crippen LogP contribution in [0.1, 0.15) is 19.4 Å². The van der Waals surface area contributed by atoms with Gasteiger partial charge in [0.25, 0.3) is 0 Å². The van der Waals surface area contributed by atoms with Crippen molar-refractivity contribution in [3.8, 4) is 11.4 Å². The molecule has 0 saturated heterocycles.